The molecule has 0 saturated carbocycles. The highest BCUT2D eigenvalue weighted by molar-refractivity contribution is 7.09. The van der Waals surface area contributed by atoms with Gasteiger partial charge in [-0.3, -0.25) is 9.36 Å². The number of hydrogen-bond donors (Lipinski definition) is 1. The first-order valence-corrected chi connectivity index (χ1v) is 6.49. The Labute approximate surface area is 108 Å². The number of hydrogen-bond acceptors (Lipinski definition) is 4. The molecule has 0 aliphatic carbocycles. The largest absolute Gasteiger partial charge is 0.328 e. The Morgan fingerprint density at radius 1 is 1.39 bits per heavy atom. The smallest absolute Gasteiger partial charge is 0.314 e. The summed E-state index contributed by atoms with van der Waals surface area (Å²) in [5.74, 6) is 0. The SMILES string of the molecule is CC(C)(C)c1csc(Cn2c(=O)cc[nH]c2=O)n1. The lowest BCUT2D eigenvalue weighted by atomic mass is 9.93. The first kappa shape index (κ1) is 12.8. The molecule has 0 atom stereocenters. The molecule has 6 heteroatoms. The lowest BCUT2D eigenvalue weighted by Gasteiger charge is -2.14. The predicted octanol–water partition coefficient (Wildman–Crippen LogP) is 1.34. The van der Waals surface area contributed by atoms with E-state index in [1.165, 1.54) is 23.6 Å². The molecule has 96 valence electrons. The van der Waals surface area contributed by atoms with Gasteiger partial charge in [0.2, 0.25) is 0 Å². The maximum atomic E-state index is 11.6. The lowest BCUT2D eigenvalue weighted by Crippen LogP contribution is -2.34. The van der Waals surface area contributed by atoms with E-state index < -0.39 is 5.69 Å². The van der Waals surface area contributed by atoms with Crippen molar-refractivity contribution in [3.63, 3.8) is 0 Å². The van der Waals surface area contributed by atoms with Gasteiger partial charge in [-0.05, 0) is 0 Å². The van der Waals surface area contributed by atoms with E-state index in [9.17, 15) is 9.59 Å². The van der Waals surface area contributed by atoms with Crippen LogP contribution in [-0.2, 0) is 12.0 Å². The quantitative estimate of drug-likeness (QED) is 0.891. The summed E-state index contributed by atoms with van der Waals surface area (Å²) in [5, 5.41) is 2.73. The van der Waals surface area contributed by atoms with Crippen LogP contribution in [0.1, 0.15) is 31.5 Å². The third-order valence-corrected chi connectivity index (χ3v) is 3.39. The number of nitrogens with one attached hydrogen (secondary N) is 1. The van der Waals surface area contributed by atoms with Crippen molar-refractivity contribution in [2.24, 2.45) is 0 Å². The van der Waals surface area contributed by atoms with Crippen LogP contribution in [0, 0.1) is 0 Å². The van der Waals surface area contributed by atoms with Crippen LogP contribution in [0.5, 0.6) is 0 Å². The van der Waals surface area contributed by atoms with Crippen molar-refractivity contribution in [1.29, 1.82) is 0 Å². The fourth-order valence-electron chi connectivity index (χ4n) is 1.47. The molecule has 0 amide bonds. The Kier molecular flexibility index (Phi) is 3.21. The summed E-state index contributed by atoms with van der Waals surface area (Å²) in [6.07, 6.45) is 1.35. The lowest BCUT2D eigenvalue weighted by molar-refractivity contribution is 0.568. The first-order valence-electron chi connectivity index (χ1n) is 5.61. The molecule has 2 aromatic heterocycles. The molecule has 0 aliphatic heterocycles. The zero-order chi connectivity index (χ0) is 13.3. The number of rotatable bonds is 2. The summed E-state index contributed by atoms with van der Waals surface area (Å²) in [7, 11) is 0. The van der Waals surface area contributed by atoms with Crippen molar-refractivity contribution >= 4 is 11.3 Å². The van der Waals surface area contributed by atoms with Crippen molar-refractivity contribution in [1.82, 2.24) is 14.5 Å². The zero-order valence-electron chi connectivity index (χ0n) is 10.6. The van der Waals surface area contributed by atoms with Crippen LogP contribution >= 0.6 is 11.3 Å². The summed E-state index contributed by atoms with van der Waals surface area (Å²) in [5.41, 5.74) is 0.229. The molecule has 5 nitrogen and oxygen atoms in total. The second kappa shape index (κ2) is 4.53. The Bertz CT molecular complexity index is 632. The van der Waals surface area contributed by atoms with Gasteiger partial charge in [-0.25, -0.2) is 9.78 Å². The van der Waals surface area contributed by atoms with E-state index in [0.717, 1.165) is 15.3 Å². The van der Waals surface area contributed by atoms with E-state index in [0.29, 0.717) is 0 Å². The van der Waals surface area contributed by atoms with Crippen molar-refractivity contribution in [3.05, 3.63) is 49.2 Å². The Hall–Kier alpha value is -1.69. The Balaban J connectivity index is 2.33. The van der Waals surface area contributed by atoms with Gasteiger partial charge in [-0.1, -0.05) is 20.8 Å². The van der Waals surface area contributed by atoms with Crippen LogP contribution < -0.4 is 11.2 Å². The molecule has 0 aromatic carbocycles. The average Bonchev–Trinajstić information content (AvgIpc) is 2.72. The van der Waals surface area contributed by atoms with E-state index >= 15 is 0 Å². The molecule has 0 bridgehead atoms. The fourth-order valence-corrected chi connectivity index (χ4v) is 2.47. The van der Waals surface area contributed by atoms with E-state index in [1.807, 2.05) is 5.38 Å². The average molecular weight is 265 g/mol. The van der Waals surface area contributed by atoms with Gasteiger partial charge in [0.1, 0.15) is 5.01 Å². The van der Waals surface area contributed by atoms with E-state index in [-0.39, 0.29) is 17.5 Å². The summed E-state index contributed by atoms with van der Waals surface area (Å²) >= 11 is 1.47. The molecule has 2 aromatic rings. The molecule has 0 aliphatic rings. The van der Waals surface area contributed by atoms with Gasteiger partial charge in [-0.15, -0.1) is 11.3 Å². The minimum absolute atomic E-state index is 0.0250. The van der Waals surface area contributed by atoms with Gasteiger partial charge in [0.15, 0.2) is 0 Å². The summed E-state index contributed by atoms with van der Waals surface area (Å²) in [6, 6.07) is 1.33. The normalized spacial score (nSPS) is 11.7. The number of H-pyrrole nitrogens is 1. The second-order valence-electron chi connectivity index (χ2n) is 5.08. The maximum absolute atomic E-state index is 11.6. The molecule has 0 saturated heterocycles. The summed E-state index contributed by atoms with van der Waals surface area (Å²) in [4.78, 5) is 30.0. The molecule has 1 N–H and O–H groups in total. The van der Waals surface area contributed by atoms with Gasteiger partial charge < -0.3 is 4.98 Å². The van der Waals surface area contributed by atoms with Gasteiger partial charge in [0.25, 0.3) is 5.56 Å². The van der Waals surface area contributed by atoms with Crippen LogP contribution in [0.3, 0.4) is 0 Å². The molecule has 0 unspecified atom stereocenters. The molecular weight excluding hydrogens is 250 g/mol. The van der Waals surface area contributed by atoms with Crippen LogP contribution in [0.15, 0.2) is 27.2 Å². The minimum atomic E-state index is -0.407. The van der Waals surface area contributed by atoms with E-state index in [4.69, 9.17) is 0 Å². The van der Waals surface area contributed by atoms with Gasteiger partial charge in [0, 0.05) is 23.1 Å². The van der Waals surface area contributed by atoms with Crippen LogP contribution in [0.25, 0.3) is 0 Å². The minimum Gasteiger partial charge on any atom is -0.314 e. The molecule has 18 heavy (non-hydrogen) atoms. The third kappa shape index (κ3) is 2.59. The summed E-state index contributed by atoms with van der Waals surface area (Å²) in [6.45, 7) is 6.45. The van der Waals surface area contributed by atoms with Gasteiger partial charge in [0.05, 0.1) is 12.2 Å². The van der Waals surface area contributed by atoms with Gasteiger partial charge in [-0.2, -0.15) is 0 Å². The fraction of sp³-hybridized carbons (Fsp3) is 0.417. The first-order chi connectivity index (χ1) is 8.38. The third-order valence-electron chi connectivity index (χ3n) is 2.56. The van der Waals surface area contributed by atoms with E-state index in [2.05, 4.69) is 30.7 Å². The number of aromatic amines is 1. The Morgan fingerprint density at radius 2 is 2.11 bits per heavy atom. The maximum Gasteiger partial charge on any atom is 0.328 e. The highest BCUT2D eigenvalue weighted by Gasteiger charge is 2.17. The molecule has 0 radical (unpaired) electrons. The van der Waals surface area contributed by atoms with Crippen LogP contribution in [-0.4, -0.2) is 14.5 Å². The molecule has 2 rings (SSSR count). The monoisotopic (exact) mass is 265 g/mol. The van der Waals surface area contributed by atoms with Crippen molar-refractivity contribution in [3.8, 4) is 0 Å². The van der Waals surface area contributed by atoms with Crippen molar-refractivity contribution in [2.75, 3.05) is 0 Å². The standard InChI is InChI=1S/C12H15N3O2S/c1-12(2,3)8-7-18-9(14-8)6-15-10(16)4-5-13-11(15)17/h4-5,7H,6H2,1-3H3,(H,13,17). The highest BCUT2D eigenvalue weighted by Crippen LogP contribution is 2.23. The summed E-state index contributed by atoms with van der Waals surface area (Å²) < 4.78 is 1.14. The molecule has 0 spiro atoms. The van der Waals surface area contributed by atoms with E-state index in [1.54, 1.807) is 0 Å². The zero-order valence-corrected chi connectivity index (χ0v) is 11.4. The second-order valence-corrected chi connectivity index (χ2v) is 6.03. The van der Waals surface area contributed by atoms with Crippen molar-refractivity contribution in [2.45, 2.75) is 32.7 Å². The highest BCUT2D eigenvalue weighted by atomic mass is 32.1. The van der Waals surface area contributed by atoms with Crippen LogP contribution in [0.2, 0.25) is 0 Å². The van der Waals surface area contributed by atoms with Gasteiger partial charge >= 0.3 is 5.69 Å². The molecule has 0 fully saturated rings. The predicted molar refractivity (Wildman–Crippen MR) is 71.2 cm³/mol. The van der Waals surface area contributed by atoms with Crippen LogP contribution in [0.4, 0.5) is 0 Å². The molecule has 2 heterocycles. The van der Waals surface area contributed by atoms with Crippen molar-refractivity contribution < 1.29 is 0 Å². The number of nitrogens with zero attached hydrogens (tertiary/aromatic N) is 2. The number of thiazole rings is 1. The number of aromatic nitrogens is 3. The molecular formula is C12H15N3O2S. The Morgan fingerprint density at radius 3 is 2.67 bits per heavy atom. The topological polar surface area (TPSA) is 67.8 Å².